The Balaban J connectivity index is 1.69. The molecule has 4 nitrogen and oxygen atoms in total. The van der Waals surface area contributed by atoms with E-state index >= 15 is 0 Å². The van der Waals surface area contributed by atoms with E-state index in [1.54, 1.807) is 6.20 Å². The monoisotopic (exact) mass is 301 g/mol. The molecule has 22 heavy (non-hydrogen) atoms. The summed E-state index contributed by atoms with van der Waals surface area (Å²) in [5.74, 6) is 1.51. The molecule has 3 atom stereocenters. The van der Waals surface area contributed by atoms with Gasteiger partial charge in [0, 0.05) is 12.8 Å². The van der Waals surface area contributed by atoms with Gasteiger partial charge in [-0.3, -0.25) is 9.78 Å². The average Bonchev–Trinajstić information content (AvgIpc) is 3.16. The number of nitrogens with zero attached hydrogens (tertiary/aromatic N) is 1. The van der Waals surface area contributed by atoms with E-state index < -0.39 is 5.41 Å². The van der Waals surface area contributed by atoms with Crippen LogP contribution in [0, 0.1) is 11.8 Å². The van der Waals surface area contributed by atoms with E-state index in [1.165, 1.54) is 6.42 Å². The normalized spacial score (nSPS) is 39.5. The fraction of sp³-hybridized carbons (Fsp3) is 0.667. The van der Waals surface area contributed by atoms with Crippen molar-refractivity contribution in [2.24, 2.45) is 11.8 Å². The molecular formula is C18H23NO3. The van der Waals surface area contributed by atoms with Crippen LogP contribution >= 0.6 is 0 Å². The minimum absolute atomic E-state index is 0.128. The Labute approximate surface area is 131 Å². The summed E-state index contributed by atoms with van der Waals surface area (Å²) in [6, 6.07) is 5.81. The summed E-state index contributed by atoms with van der Waals surface area (Å²) in [6.45, 7) is 2.89. The van der Waals surface area contributed by atoms with E-state index in [9.17, 15) is 4.79 Å². The largest absolute Gasteiger partial charge is 0.465 e. The van der Waals surface area contributed by atoms with Gasteiger partial charge in [0.2, 0.25) is 0 Å². The summed E-state index contributed by atoms with van der Waals surface area (Å²) in [4.78, 5) is 17.3. The maximum absolute atomic E-state index is 12.8. The summed E-state index contributed by atoms with van der Waals surface area (Å²) >= 11 is 0. The number of carbonyl (C=O) groups is 1. The zero-order chi connectivity index (χ0) is 15.2. The SMILES string of the molecule is CCOC(=O)C1(c2ccccn2)CCOC2(CC3CC3C2)C1. The number of esters is 1. The third kappa shape index (κ3) is 2.16. The minimum Gasteiger partial charge on any atom is -0.465 e. The highest BCUT2D eigenvalue weighted by Crippen LogP contribution is 2.61. The third-order valence-electron chi connectivity index (χ3n) is 5.72. The summed E-state index contributed by atoms with van der Waals surface area (Å²) in [5.41, 5.74) is 0.0827. The zero-order valence-corrected chi connectivity index (χ0v) is 13.1. The van der Waals surface area contributed by atoms with Gasteiger partial charge in [-0.15, -0.1) is 0 Å². The quantitative estimate of drug-likeness (QED) is 0.806. The van der Waals surface area contributed by atoms with Crippen molar-refractivity contribution in [1.29, 1.82) is 0 Å². The van der Waals surface area contributed by atoms with Crippen molar-refractivity contribution in [3.05, 3.63) is 30.1 Å². The molecule has 1 aliphatic heterocycles. The van der Waals surface area contributed by atoms with Gasteiger partial charge in [0.1, 0.15) is 5.41 Å². The summed E-state index contributed by atoms with van der Waals surface area (Å²) in [5, 5.41) is 0. The Bertz CT molecular complexity index is 563. The second-order valence-electron chi connectivity index (χ2n) is 7.14. The molecule has 0 amide bonds. The first-order valence-electron chi connectivity index (χ1n) is 8.40. The van der Waals surface area contributed by atoms with Crippen LogP contribution in [0.15, 0.2) is 24.4 Å². The van der Waals surface area contributed by atoms with Gasteiger partial charge >= 0.3 is 5.97 Å². The molecule has 0 radical (unpaired) electrons. The van der Waals surface area contributed by atoms with Gasteiger partial charge in [-0.2, -0.15) is 0 Å². The fourth-order valence-corrected chi connectivity index (χ4v) is 4.66. The van der Waals surface area contributed by atoms with E-state index in [2.05, 4.69) is 4.98 Å². The smallest absolute Gasteiger partial charge is 0.318 e. The average molecular weight is 301 g/mol. The van der Waals surface area contributed by atoms with Gasteiger partial charge in [-0.05, 0) is 63.0 Å². The Morgan fingerprint density at radius 3 is 2.91 bits per heavy atom. The maximum atomic E-state index is 12.8. The van der Waals surface area contributed by atoms with Gasteiger partial charge < -0.3 is 9.47 Å². The standard InChI is InChI=1S/C18H23NO3/c1-2-21-16(20)18(15-5-3-4-7-19-15)6-8-22-17(12-18)10-13-9-14(13)11-17/h3-5,7,13-14H,2,6,8-12H2,1H3. The lowest BCUT2D eigenvalue weighted by molar-refractivity contribution is -0.166. The Kier molecular flexibility index (Phi) is 3.26. The third-order valence-corrected chi connectivity index (χ3v) is 5.72. The topological polar surface area (TPSA) is 48.4 Å². The number of fused-ring (bicyclic) bond motifs is 1. The number of carbonyl (C=O) groups excluding carboxylic acids is 1. The molecule has 2 aliphatic carbocycles. The number of pyridine rings is 1. The molecule has 4 rings (SSSR count). The van der Waals surface area contributed by atoms with Crippen LogP contribution < -0.4 is 0 Å². The van der Waals surface area contributed by atoms with Gasteiger partial charge in [0.25, 0.3) is 0 Å². The van der Waals surface area contributed by atoms with Crippen LogP contribution in [-0.2, 0) is 19.7 Å². The predicted octanol–water partition coefficient (Wildman–Crippen LogP) is 2.86. The highest BCUT2D eigenvalue weighted by atomic mass is 16.5. The molecule has 3 fully saturated rings. The van der Waals surface area contributed by atoms with Crippen molar-refractivity contribution in [2.45, 2.75) is 50.0 Å². The van der Waals surface area contributed by atoms with Crippen molar-refractivity contribution in [1.82, 2.24) is 4.98 Å². The van der Waals surface area contributed by atoms with Crippen LogP contribution in [0.5, 0.6) is 0 Å². The van der Waals surface area contributed by atoms with Crippen LogP contribution in [0.3, 0.4) is 0 Å². The van der Waals surface area contributed by atoms with Crippen molar-refractivity contribution < 1.29 is 14.3 Å². The molecule has 2 heterocycles. The fourth-order valence-electron chi connectivity index (χ4n) is 4.66. The lowest BCUT2D eigenvalue weighted by Gasteiger charge is -2.45. The molecule has 1 aromatic rings. The molecule has 3 aliphatic rings. The first-order chi connectivity index (χ1) is 10.7. The van der Waals surface area contributed by atoms with Crippen molar-refractivity contribution in [3.63, 3.8) is 0 Å². The molecule has 1 aromatic heterocycles. The predicted molar refractivity (Wildman–Crippen MR) is 81.3 cm³/mol. The molecule has 0 N–H and O–H groups in total. The van der Waals surface area contributed by atoms with E-state index in [4.69, 9.17) is 9.47 Å². The number of aromatic nitrogens is 1. The van der Waals surface area contributed by atoms with E-state index in [-0.39, 0.29) is 11.6 Å². The molecule has 1 spiro atoms. The summed E-state index contributed by atoms with van der Waals surface area (Å²) in [6.07, 6.45) is 6.71. The van der Waals surface area contributed by atoms with Crippen LogP contribution in [0.2, 0.25) is 0 Å². The van der Waals surface area contributed by atoms with Crippen molar-refractivity contribution in [3.8, 4) is 0 Å². The molecule has 2 saturated carbocycles. The molecule has 118 valence electrons. The number of hydrogen-bond donors (Lipinski definition) is 0. The van der Waals surface area contributed by atoms with Crippen molar-refractivity contribution >= 4 is 5.97 Å². The highest BCUT2D eigenvalue weighted by molar-refractivity contribution is 5.83. The molecule has 1 saturated heterocycles. The highest BCUT2D eigenvalue weighted by Gasteiger charge is 2.61. The summed E-state index contributed by atoms with van der Waals surface area (Å²) in [7, 11) is 0. The minimum atomic E-state index is -0.633. The van der Waals surface area contributed by atoms with Gasteiger partial charge in [-0.25, -0.2) is 0 Å². The number of ether oxygens (including phenoxy) is 2. The second-order valence-corrected chi connectivity index (χ2v) is 7.14. The van der Waals surface area contributed by atoms with E-state index in [0.29, 0.717) is 19.6 Å². The lowest BCUT2D eigenvalue weighted by Crippen LogP contribution is -2.51. The Morgan fingerprint density at radius 2 is 2.23 bits per heavy atom. The first-order valence-corrected chi connectivity index (χ1v) is 8.40. The van der Waals surface area contributed by atoms with Gasteiger partial charge in [0.15, 0.2) is 0 Å². The van der Waals surface area contributed by atoms with Crippen LogP contribution in [0.25, 0.3) is 0 Å². The molecular weight excluding hydrogens is 278 g/mol. The van der Waals surface area contributed by atoms with Gasteiger partial charge in [-0.1, -0.05) is 6.07 Å². The summed E-state index contributed by atoms with van der Waals surface area (Å²) < 4.78 is 11.6. The van der Waals surface area contributed by atoms with E-state index in [0.717, 1.165) is 36.8 Å². The molecule has 4 heteroatoms. The second kappa shape index (κ2) is 5.05. The van der Waals surface area contributed by atoms with Crippen LogP contribution in [0.4, 0.5) is 0 Å². The molecule has 0 bridgehead atoms. The van der Waals surface area contributed by atoms with Gasteiger partial charge in [0.05, 0.1) is 17.9 Å². The maximum Gasteiger partial charge on any atom is 0.318 e. The van der Waals surface area contributed by atoms with Crippen molar-refractivity contribution in [2.75, 3.05) is 13.2 Å². The molecule has 3 unspecified atom stereocenters. The molecule has 0 aromatic carbocycles. The Hall–Kier alpha value is -1.42. The Morgan fingerprint density at radius 1 is 1.41 bits per heavy atom. The van der Waals surface area contributed by atoms with Crippen LogP contribution in [-0.4, -0.2) is 29.8 Å². The number of hydrogen-bond acceptors (Lipinski definition) is 4. The first kappa shape index (κ1) is 14.2. The zero-order valence-electron chi connectivity index (χ0n) is 13.1. The van der Waals surface area contributed by atoms with Crippen LogP contribution in [0.1, 0.15) is 44.7 Å². The number of rotatable bonds is 3. The van der Waals surface area contributed by atoms with E-state index in [1.807, 2.05) is 25.1 Å². The lowest BCUT2D eigenvalue weighted by atomic mass is 9.69.